The van der Waals surface area contributed by atoms with Crippen LogP contribution in [0.5, 0.6) is 0 Å². The largest absolute Gasteiger partial charge is 0.348 e. The molecule has 0 fully saturated rings. The molecule has 0 radical (unpaired) electrons. The lowest BCUT2D eigenvalue weighted by atomic mass is 10.1. The van der Waals surface area contributed by atoms with Gasteiger partial charge >= 0.3 is 0 Å². The minimum Gasteiger partial charge on any atom is -0.348 e. The van der Waals surface area contributed by atoms with Crippen LogP contribution in [-0.2, 0) is 17.8 Å². The Balaban J connectivity index is 1.67. The Bertz CT molecular complexity index is 711. The topological polar surface area (TPSA) is 58.2 Å². The summed E-state index contributed by atoms with van der Waals surface area (Å²) in [5.41, 5.74) is 2.92. The lowest BCUT2D eigenvalue weighted by molar-refractivity contribution is -0.115. The van der Waals surface area contributed by atoms with Crippen LogP contribution in [0.3, 0.4) is 0 Å². The maximum Gasteiger partial charge on any atom is 0.251 e. The number of halogens is 1. The van der Waals surface area contributed by atoms with E-state index in [0.717, 1.165) is 16.8 Å². The van der Waals surface area contributed by atoms with Crippen molar-refractivity contribution in [2.45, 2.75) is 13.0 Å². The van der Waals surface area contributed by atoms with Crippen LogP contribution in [0.1, 0.15) is 21.5 Å². The molecule has 2 aromatic rings. The minimum absolute atomic E-state index is 0.0612. The molecule has 0 unspecified atom stereocenters. The van der Waals surface area contributed by atoms with E-state index in [2.05, 4.69) is 10.6 Å². The molecule has 0 aromatic heterocycles. The number of amides is 2. The molecular weight excluding hydrogens is 271 g/mol. The number of anilines is 1. The lowest BCUT2D eigenvalue weighted by Crippen LogP contribution is -2.22. The van der Waals surface area contributed by atoms with Gasteiger partial charge < -0.3 is 10.6 Å². The van der Waals surface area contributed by atoms with Crippen molar-refractivity contribution in [1.82, 2.24) is 5.32 Å². The van der Waals surface area contributed by atoms with E-state index in [4.69, 9.17) is 0 Å². The Morgan fingerprint density at radius 1 is 1.19 bits per heavy atom. The molecule has 1 aliphatic rings. The van der Waals surface area contributed by atoms with E-state index in [1.54, 1.807) is 30.3 Å². The van der Waals surface area contributed by atoms with Gasteiger partial charge in [-0.1, -0.05) is 12.1 Å². The summed E-state index contributed by atoms with van der Waals surface area (Å²) in [7, 11) is 0. The lowest BCUT2D eigenvalue weighted by Gasteiger charge is -2.07. The Hall–Kier alpha value is -2.69. The van der Waals surface area contributed by atoms with Gasteiger partial charge in [0.25, 0.3) is 5.91 Å². The number of hydrogen-bond donors (Lipinski definition) is 2. The van der Waals surface area contributed by atoms with Gasteiger partial charge in [0.2, 0.25) is 5.91 Å². The standard InChI is InChI=1S/C16H13FN2O2/c17-13-4-1-10(2-5-13)9-18-16(21)11-3-6-14-12(7-11)8-15(20)19-14/h1-7H,8-9H2,(H,18,21)(H,19,20). The van der Waals surface area contributed by atoms with Crippen LogP contribution < -0.4 is 10.6 Å². The second-order valence-corrected chi connectivity index (χ2v) is 4.91. The highest BCUT2D eigenvalue weighted by atomic mass is 19.1. The van der Waals surface area contributed by atoms with Gasteiger partial charge in [0, 0.05) is 17.8 Å². The maximum absolute atomic E-state index is 12.8. The quantitative estimate of drug-likeness (QED) is 0.908. The predicted octanol–water partition coefficient (Wildman–Crippen LogP) is 2.25. The normalized spacial score (nSPS) is 12.7. The molecule has 106 valence electrons. The molecule has 21 heavy (non-hydrogen) atoms. The molecule has 0 spiro atoms. The average Bonchev–Trinajstić information content (AvgIpc) is 2.85. The highest BCUT2D eigenvalue weighted by Gasteiger charge is 2.18. The third-order valence-corrected chi connectivity index (χ3v) is 3.36. The van der Waals surface area contributed by atoms with Crippen molar-refractivity contribution >= 4 is 17.5 Å². The predicted molar refractivity (Wildman–Crippen MR) is 76.3 cm³/mol. The van der Waals surface area contributed by atoms with Crippen molar-refractivity contribution < 1.29 is 14.0 Å². The molecule has 0 aliphatic carbocycles. The summed E-state index contributed by atoms with van der Waals surface area (Å²) in [6, 6.07) is 11.1. The van der Waals surface area contributed by atoms with Crippen molar-refractivity contribution in [3.8, 4) is 0 Å². The van der Waals surface area contributed by atoms with Crippen LogP contribution in [-0.4, -0.2) is 11.8 Å². The van der Waals surface area contributed by atoms with Crippen LogP contribution in [0.4, 0.5) is 10.1 Å². The fourth-order valence-electron chi connectivity index (χ4n) is 2.26. The number of carbonyl (C=O) groups is 2. The van der Waals surface area contributed by atoms with Crippen molar-refractivity contribution in [1.29, 1.82) is 0 Å². The van der Waals surface area contributed by atoms with Crippen LogP contribution in [0, 0.1) is 5.82 Å². The molecule has 1 aliphatic heterocycles. The fraction of sp³-hybridized carbons (Fsp3) is 0.125. The zero-order valence-electron chi connectivity index (χ0n) is 11.2. The smallest absolute Gasteiger partial charge is 0.251 e. The van der Waals surface area contributed by atoms with Gasteiger partial charge in [-0.05, 0) is 41.5 Å². The van der Waals surface area contributed by atoms with Gasteiger partial charge in [-0.3, -0.25) is 9.59 Å². The molecule has 0 saturated carbocycles. The van der Waals surface area contributed by atoms with Gasteiger partial charge in [0.05, 0.1) is 6.42 Å². The summed E-state index contributed by atoms with van der Waals surface area (Å²) in [6.45, 7) is 0.327. The summed E-state index contributed by atoms with van der Waals surface area (Å²) in [5, 5.41) is 5.49. The first-order valence-corrected chi connectivity index (χ1v) is 6.57. The van der Waals surface area contributed by atoms with Crippen molar-refractivity contribution in [2.75, 3.05) is 5.32 Å². The van der Waals surface area contributed by atoms with Gasteiger partial charge in [0.15, 0.2) is 0 Å². The van der Waals surface area contributed by atoms with Gasteiger partial charge in [-0.2, -0.15) is 0 Å². The Morgan fingerprint density at radius 3 is 2.71 bits per heavy atom. The number of rotatable bonds is 3. The zero-order chi connectivity index (χ0) is 14.8. The molecule has 0 bridgehead atoms. The molecule has 2 aromatic carbocycles. The minimum atomic E-state index is -0.305. The molecule has 2 amide bonds. The van der Waals surface area contributed by atoms with Crippen LogP contribution in [0.25, 0.3) is 0 Å². The van der Waals surface area contributed by atoms with E-state index in [1.807, 2.05) is 0 Å². The van der Waals surface area contributed by atoms with Crippen LogP contribution >= 0.6 is 0 Å². The molecule has 2 N–H and O–H groups in total. The maximum atomic E-state index is 12.8. The summed E-state index contributed by atoms with van der Waals surface area (Å²) < 4.78 is 12.8. The number of hydrogen-bond acceptors (Lipinski definition) is 2. The Labute approximate surface area is 121 Å². The van der Waals surface area contributed by atoms with E-state index >= 15 is 0 Å². The Morgan fingerprint density at radius 2 is 1.95 bits per heavy atom. The summed E-state index contributed by atoms with van der Waals surface area (Å²) >= 11 is 0. The van der Waals surface area contributed by atoms with Gasteiger partial charge in [-0.15, -0.1) is 0 Å². The van der Waals surface area contributed by atoms with Crippen molar-refractivity contribution in [2.24, 2.45) is 0 Å². The SMILES string of the molecule is O=C1Cc2cc(C(=O)NCc3ccc(F)cc3)ccc2N1. The van der Waals surface area contributed by atoms with E-state index in [0.29, 0.717) is 18.5 Å². The first-order valence-electron chi connectivity index (χ1n) is 6.57. The summed E-state index contributed by atoms with van der Waals surface area (Å²) in [5.74, 6) is -0.587. The highest BCUT2D eigenvalue weighted by molar-refractivity contribution is 6.01. The average molecular weight is 284 g/mol. The molecule has 4 nitrogen and oxygen atoms in total. The first kappa shape index (κ1) is 13.3. The van der Waals surface area contributed by atoms with Crippen LogP contribution in [0.2, 0.25) is 0 Å². The number of nitrogens with one attached hydrogen (secondary N) is 2. The zero-order valence-corrected chi connectivity index (χ0v) is 11.2. The van der Waals surface area contributed by atoms with Gasteiger partial charge in [-0.25, -0.2) is 4.39 Å². The van der Waals surface area contributed by atoms with E-state index < -0.39 is 0 Å². The Kier molecular flexibility index (Phi) is 3.39. The summed E-state index contributed by atoms with van der Waals surface area (Å²) in [4.78, 5) is 23.4. The monoisotopic (exact) mass is 284 g/mol. The molecule has 3 rings (SSSR count). The third-order valence-electron chi connectivity index (χ3n) is 3.36. The van der Waals surface area contributed by atoms with Gasteiger partial charge in [0.1, 0.15) is 5.82 Å². The second-order valence-electron chi connectivity index (χ2n) is 4.91. The molecular formula is C16H13FN2O2. The fourth-order valence-corrected chi connectivity index (χ4v) is 2.26. The first-order chi connectivity index (χ1) is 10.1. The number of fused-ring (bicyclic) bond motifs is 1. The molecule has 5 heteroatoms. The van der Waals surface area contributed by atoms with E-state index in [9.17, 15) is 14.0 Å². The van der Waals surface area contributed by atoms with Crippen molar-refractivity contribution in [3.63, 3.8) is 0 Å². The third kappa shape index (κ3) is 2.91. The second kappa shape index (κ2) is 5.36. The van der Waals surface area contributed by atoms with E-state index in [1.165, 1.54) is 12.1 Å². The highest BCUT2D eigenvalue weighted by Crippen LogP contribution is 2.23. The van der Waals surface area contributed by atoms with Crippen LogP contribution in [0.15, 0.2) is 42.5 Å². The molecule has 0 atom stereocenters. The number of carbonyl (C=O) groups excluding carboxylic acids is 2. The molecule has 1 heterocycles. The molecule has 0 saturated heterocycles. The van der Waals surface area contributed by atoms with Crippen molar-refractivity contribution in [3.05, 3.63) is 65.0 Å². The van der Waals surface area contributed by atoms with E-state index in [-0.39, 0.29) is 17.6 Å². The summed E-state index contributed by atoms with van der Waals surface area (Å²) in [6.07, 6.45) is 0.300. The number of benzene rings is 2.